The molecule has 1 amide bonds. The lowest BCUT2D eigenvalue weighted by Crippen LogP contribution is -2.28. The normalized spacial score (nSPS) is 10.2. The Bertz CT molecular complexity index is 250. The predicted octanol–water partition coefficient (Wildman–Crippen LogP) is 1.02. The molecule has 0 aliphatic heterocycles. The molecule has 0 saturated carbocycles. The lowest BCUT2D eigenvalue weighted by atomic mass is 10.6. The van der Waals surface area contributed by atoms with Gasteiger partial charge in [0.1, 0.15) is 5.01 Å². The van der Waals surface area contributed by atoms with E-state index in [1.807, 2.05) is 5.32 Å². The highest BCUT2D eigenvalue weighted by Crippen LogP contribution is 2.03. The second-order valence-corrected chi connectivity index (χ2v) is 2.92. The van der Waals surface area contributed by atoms with Crippen molar-refractivity contribution in [2.45, 2.75) is 13.0 Å². The molecule has 0 saturated heterocycles. The van der Waals surface area contributed by atoms with Crippen molar-refractivity contribution < 1.29 is 13.6 Å². The molecule has 6 heteroatoms. The van der Waals surface area contributed by atoms with Crippen LogP contribution in [0.1, 0.15) is 5.01 Å². The summed E-state index contributed by atoms with van der Waals surface area (Å²) in [5.41, 5.74) is 0. The highest BCUT2D eigenvalue weighted by molar-refractivity contribution is 7.09. The smallest absolute Gasteiger partial charge is 0.315 e. The first-order chi connectivity index (χ1) is 5.70. The molecule has 0 spiro atoms. The van der Waals surface area contributed by atoms with Gasteiger partial charge in [-0.05, 0) is 0 Å². The van der Waals surface area contributed by atoms with E-state index >= 15 is 0 Å². The summed E-state index contributed by atoms with van der Waals surface area (Å²) in [6, 6.07) is 0. The SMILES string of the molecule is O=C(NCc1nccs1)C(F)F. The number of nitrogens with one attached hydrogen (secondary N) is 1. The third kappa shape index (κ3) is 2.54. The van der Waals surface area contributed by atoms with E-state index < -0.39 is 12.3 Å². The number of carbonyl (C=O) groups is 1. The Labute approximate surface area is 71.4 Å². The summed E-state index contributed by atoms with van der Waals surface area (Å²) >= 11 is 1.31. The number of rotatable bonds is 3. The molecule has 0 aliphatic rings. The van der Waals surface area contributed by atoms with Gasteiger partial charge in [-0.2, -0.15) is 8.78 Å². The van der Waals surface area contributed by atoms with Crippen molar-refractivity contribution in [1.29, 1.82) is 0 Å². The van der Waals surface area contributed by atoms with Gasteiger partial charge in [-0.3, -0.25) is 4.79 Å². The molecule has 0 fully saturated rings. The maximum absolute atomic E-state index is 11.6. The zero-order valence-electron chi connectivity index (χ0n) is 5.96. The second-order valence-electron chi connectivity index (χ2n) is 1.94. The van der Waals surface area contributed by atoms with Crippen LogP contribution in [0.4, 0.5) is 8.78 Å². The van der Waals surface area contributed by atoms with Crippen LogP contribution in [0.3, 0.4) is 0 Å². The number of amides is 1. The molecule has 1 N–H and O–H groups in total. The molecule has 12 heavy (non-hydrogen) atoms. The molecular formula is C6H6F2N2OS. The predicted molar refractivity (Wildman–Crippen MR) is 40.0 cm³/mol. The van der Waals surface area contributed by atoms with Crippen LogP contribution in [0.15, 0.2) is 11.6 Å². The highest BCUT2D eigenvalue weighted by Gasteiger charge is 2.14. The molecule has 0 bridgehead atoms. The van der Waals surface area contributed by atoms with Gasteiger partial charge in [0.05, 0.1) is 6.54 Å². The summed E-state index contributed by atoms with van der Waals surface area (Å²) in [7, 11) is 0. The third-order valence-corrected chi connectivity index (χ3v) is 1.88. The van der Waals surface area contributed by atoms with Crippen LogP contribution in [0, 0.1) is 0 Å². The Kier molecular flexibility index (Phi) is 3.09. The van der Waals surface area contributed by atoms with Gasteiger partial charge in [0, 0.05) is 11.6 Å². The van der Waals surface area contributed by atoms with Gasteiger partial charge in [-0.1, -0.05) is 0 Å². The molecule has 0 radical (unpaired) electrons. The van der Waals surface area contributed by atoms with E-state index in [0.717, 1.165) is 0 Å². The van der Waals surface area contributed by atoms with Crippen molar-refractivity contribution in [2.75, 3.05) is 0 Å². The van der Waals surface area contributed by atoms with Gasteiger partial charge in [0.15, 0.2) is 0 Å². The van der Waals surface area contributed by atoms with Crippen molar-refractivity contribution in [2.24, 2.45) is 0 Å². The molecular weight excluding hydrogens is 186 g/mol. The molecule has 1 rings (SSSR count). The second kappa shape index (κ2) is 4.10. The first-order valence-corrected chi connectivity index (χ1v) is 4.02. The lowest BCUT2D eigenvalue weighted by Gasteiger charge is -1.99. The fraction of sp³-hybridized carbons (Fsp3) is 0.333. The maximum Gasteiger partial charge on any atom is 0.315 e. The van der Waals surface area contributed by atoms with E-state index in [4.69, 9.17) is 0 Å². The monoisotopic (exact) mass is 192 g/mol. The average Bonchev–Trinajstić information content (AvgIpc) is 2.51. The molecule has 0 unspecified atom stereocenters. The van der Waals surface area contributed by atoms with Crippen LogP contribution in [-0.2, 0) is 11.3 Å². The number of hydrogen-bond donors (Lipinski definition) is 1. The van der Waals surface area contributed by atoms with Crippen LogP contribution in [0.2, 0.25) is 0 Å². The lowest BCUT2D eigenvalue weighted by molar-refractivity contribution is -0.131. The minimum atomic E-state index is -2.95. The number of alkyl halides is 2. The van der Waals surface area contributed by atoms with E-state index in [9.17, 15) is 13.6 Å². The quantitative estimate of drug-likeness (QED) is 0.777. The molecule has 1 heterocycles. The van der Waals surface area contributed by atoms with E-state index in [1.54, 1.807) is 11.6 Å². The van der Waals surface area contributed by atoms with Crippen molar-refractivity contribution in [1.82, 2.24) is 10.3 Å². The summed E-state index contributed by atoms with van der Waals surface area (Å²) in [5, 5.41) is 4.37. The number of carbonyl (C=O) groups excluding carboxylic acids is 1. The van der Waals surface area contributed by atoms with E-state index in [0.29, 0.717) is 5.01 Å². The molecule has 3 nitrogen and oxygen atoms in total. The fourth-order valence-electron chi connectivity index (χ4n) is 0.580. The van der Waals surface area contributed by atoms with Gasteiger partial charge in [0.25, 0.3) is 5.91 Å². The molecule has 0 aromatic carbocycles. The standard InChI is InChI=1S/C6H6F2N2OS/c7-5(8)6(11)10-3-4-9-1-2-12-4/h1-2,5H,3H2,(H,10,11). The number of thiazole rings is 1. The molecule has 1 aromatic rings. The highest BCUT2D eigenvalue weighted by atomic mass is 32.1. The van der Waals surface area contributed by atoms with Gasteiger partial charge in [-0.25, -0.2) is 4.98 Å². The third-order valence-electron chi connectivity index (χ3n) is 1.10. The zero-order chi connectivity index (χ0) is 8.97. The van der Waals surface area contributed by atoms with E-state index in [-0.39, 0.29) is 6.54 Å². The minimum Gasteiger partial charge on any atom is -0.345 e. The van der Waals surface area contributed by atoms with Gasteiger partial charge < -0.3 is 5.32 Å². The van der Waals surface area contributed by atoms with Crippen LogP contribution in [0.25, 0.3) is 0 Å². The van der Waals surface area contributed by atoms with Crippen LogP contribution < -0.4 is 5.32 Å². The molecule has 0 aliphatic carbocycles. The van der Waals surface area contributed by atoms with Gasteiger partial charge in [0.2, 0.25) is 0 Å². The molecule has 66 valence electrons. The summed E-state index contributed by atoms with van der Waals surface area (Å²) < 4.78 is 23.3. The van der Waals surface area contributed by atoms with E-state index in [2.05, 4.69) is 4.98 Å². The van der Waals surface area contributed by atoms with Gasteiger partial charge in [-0.15, -0.1) is 11.3 Å². The Morgan fingerprint density at radius 3 is 3.00 bits per heavy atom. The molecule has 0 atom stereocenters. The largest absolute Gasteiger partial charge is 0.345 e. The Morgan fingerprint density at radius 2 is 2.50 bits per heavy atom. The topological polar surface area (TPSA) is 42.0 Å². The fourth-order valence-corrected chi connectivity index (χ4v) is 1.14. The van der Waals surface area contributed by atoms with Crippen LogP contribution in [0.5, 0.6) is 0 Å². The molecule has 1 aromatic heterocycles. The maximum atomic E-state index is 11.6. The van der Waals surface area contributed by atoms with Crippen molar-refractivity contribution in [3.63, 3.8) is 0 Å². The van der Waals surface area contributed by atoms with Crippen molar-refractivity contribution in [3.05, 3.63) is 16.6 Å². The Hall–Kier alpha value is -1.04. The minimum absolute atomic E-state index is 0.0703. The van der Waals surface area contributed by atoms with Crippen molar-refractivity contribution >= 4 is 17.2 Å². The summed E-state index contributed by atoms with van der Waals surface area (Å²) in [4.78, 5) is 14.2. The number of halogens is 2. The average molecular weight is 192 g/mol. The number of aromatic nitrogens is 1. The Morgan fingerprint density at radius 1 is 1.75 bits per heavy atom. The van der Waals surface area contributed by atoms with Gasteiger partial charge >= 0.3 is 6.43 Å². The van der Waals surface area contributed by atoms with Crippen LogP contribution in [-0.4, -0.2) is 17.3 Å². The number of hydrogen-bond acceptors (Lipinski definition) is 3. The van der Waals surface area contributed by atoms with E-state index in [1.165, 1.54) is 11.3 Å². The zero-order valence-corrected chi connectivity index (χ0v) is 6.78. The first-order valence-electron chi connectivity index (χ1n) is 3.14. The summed E-state index contributed by atoms with van der Waals surface area (Å²) in [6.07, 6.45) is -1.40. The summed E-state index contributed by atoms with van der Waals surface area (Å²) in [5.74, 6) is -1.26. The Balaban J connectivity index is 2.32. The van der Waals surface area contributed by atoms with Crippen molar-refractivity contribution in [3.8, 4) is 0 Å². The first kappa shape index (κ1) is 9.05. The van der Waals surface area contributed by atoms with Crippen LogP contribution >= 0.6 is 11.3 Å². The summed E-state index contributed by atoms with van der Waals surface area (Å²) in [6.45, 7) is 0.0703. The number of nitrogens with zero attached hydrogens (tertiary/aromatic N) is 1.